The van der Waals surface area contributed by atoms with Crippen molar-refractivity contribution in [2.45, 2.75) is 19.6 Å². The van der Waals surface area contributed by atoms with Crippen LogP contribution in [0.3, 0.4) is 0 Å². The lowest BCUT2D eigenvalue weighted by Crippen LogP contribution is -2.30. The minimum atomic E-state index is -0.692. The van der Waals surface area contributed by atoms with Gasteiger partial charge in [0.2, 0.25) is 0 Å². The molecule has 2 rings (SSSR count). The third kappa shape index (κ3) is 5.78. The van der Waals surface area contributed by atoms with E-state index in [1.165, 1.54) is 0 Å². The Balaban J connectivity index is 0.000000202. The van der Waals surface area contributed by atoms with Gasteiger partial charge in [0.1, 0.15) is 5.82 Å². The van der Waals surface area contributed by atoms with Gasteiger partial charge in [0.15, 0.2) is 0 Å². The number of nitrogens with one attached hydrogen (secondary N) is 1. The van der Waals surface area contributed by atoms with E-state index in [1.807, 2.05) is 6.92 Å². The summed E-state index contributed by atoms with van der Waals surface area (Å²) in [5, 5.41) is 20.8. The van der Waals surface area contributed by atoms with Crippen LogP contribution in [0.2, 0.25) is 0 Å². The van der Waals surface area contributed by atoms with Crippen LogP contribution in [0.4, 0.5) is 0 Å². The van der Waals surface area contributed by atoms with E-state index in [0.29, 0.717) is 6.54 Å². The quantitative estimate of drug-likeness (QED) is 0.644. The molecule has 1 fully saturated rings. The van der Waals surface area contributed by atoms with Crippen molar-refractivity contribution in [1.29, 1.82) is 0 Å². The second-order valence-corrected chi connectivity index (χ2v) is 3.83. The summed E-state index contributed by atoms with van der Waals surface area (Å²) in [6.07, 6.45) is 2.75. The molecule has 1 aliphatic rings. The molecule has 0 radical (unpaired) electrons. The highest BCUT2D eigenvalue weighted by molar-refractivity contribution is 4.88. The van der Waals surface area contributed by atoms with Crippen molar-refractivity contribution in [1.82, 2.24) is 14.9 Å². The Labute approximate surface area is 101 Å². The smallest absolute Gasteiger partial charge is 0.105 e. The maximum absolute atomic E-state index is 9.06. The SMILES string of the molecule is C1COCCN1.Cc1nccn1CC(O)CO. The summed E-state index contributed by atoms with van der Waals surface area (Å²) in [7, 11) is 0. The van der Waals surface area contributed by atoms with Gasteiger partial charge in [-0.25, -0.2) is 4.98 Å². The fraction of sp³-hybridized carbons (Fsp3) is 0.727. The molecule has 6 nitrogen and oxygen atoms in total. The van der Waals surface area contributed by atoms with Gasteiger partial charge in [-0.05, 0) is 6.92 Å². The van der Waals surface area contributed by atoms with Gasteiger partial charge in [-0.1, -0.05) is 0 Å². The highest BCUT2D eigenvalue weighted by Gasteiger charge is 2.03. The van der Waals surface area contributed by atoms with Crippen molar-refractivity contribution in [3.63, 3.8) is 0 Å². The van der Waals surface area contributed by atoms with Gasteiger partial charge in [0.05, 0.1) is 32.5 Å². The largest absolute Gasteiger partial charge is 0.394 e. The molecule has 0 bridgehead atoms. The summed E-state index contributed by atoms with van der Waals surface area (Å²) in [5.74, 6) is 0.845. The molecular weight excluding hydrogens is 222 g/mol. The number of aliphatic hydroxyl groups is 2. The van der Waals surface area contributed by atoms with Crippen LogP contribution in [0, 0.1) is 6.92 Å². The van der Waals surface area contributed by atoms with Crippen molar-refractivity contribution in [2.75, 3.05) is 32.9 Å². The first-order valence-electron chi connectivity index (χ1n) is 5.79. The number of ether oxygens (including phenoxy) is 1. The summed E-state index contributed by atoms with van der Waals surface area (Å²) >= 11 is 0. The summed E-state index contributed by atoms with van der Waals surface area (Å²) in [4.78, 5) is 3.97. The van der Waals surface area contributed by atoms with Crippen molar-refractivity contribution >= 4 is 0 Å². The maximum atomic E-state index is 9.06. The average molecular weight is 243 g/mol. The van der Waals surface area contributed by atoms with Crippen molar-refractivity contribution < 1.29 is 14.9 Å². The van der Waals surface area contributed by atoms with Crippen LogP contribution in [-0.4, -0.2) is 58.8 Å². The molecule has 17 heavy (non-hydrogen) atoms. The molecule has 1 saturated heterocycles. The second kappa shape index (κ2) is 8.19. The van der Waals surface area contributed by atoms with Crippen LogP contribution < -0.4 is 5.32 Å². The number of hydrogen-bond donors (Lipinski definition) is 3. The first-order chi connectivity index (χ1) is 8.24. The Hall–Kier alpha value is -0.950. The van der Waals surface area contributed by atoms with Crippen molar-refractivity contribution in [3.05, 3.63) is 18.2 Å². The molecule has 0 aliphatic carbocycles. The third-order valence-electron chi connectivity index (χ3n) is 2.39. The molecule has 1 aliphatic heterocycles. The summed E-state index contributed by atoms with van der Waals surface area (Å²) < 4.78 is 6.80. The first kappa shape index (κ1) is 14.1. The maximum Gasteiger partial charge on any atom is 0.105 e. The van der Waals surface area contributed by atoms with Gasteiger partial charge in [0.25, 0.3) is 0 Å². The third-order valence-corrected chi connectivity index (χ3v) is 2.39. The molecule has 1 atom stereocenters. The molecule has 0 spiro atoms. The minimum Gasteiger partial charge on any atom is -0.394 e. The van der Waals surface area contributed by atoms with Gasteiger partial charge < -0.3 is 24.8 Å². The second-order valence-electron chi connectivity index (χ2n) is 3.83. The number of nitrogens with zero attached hydrogens (tertiary/aromatic N) is 2. The van der Waals surface area contributed by atoms with E-state index in [-0.39, 0.29) is 6.61 Å². The highest BCUT2D eigenvalue weighted by Crippen LogP contribution is 1.96. The molecular formula is C11H21N3O3. The van der Waals surface area contributed by atoms with Crippen LogP contribution >= 0.6 is 0 Å². The zero-order chi connectivity index (χ0) is 12.5. The number of aryl methyl sites for hydroxylation is 1. The van der Waals surface area contributed by atoms with Crippen LogP contribution in [0.1, 0.15) is 5.82 Å². The fourth-order valence-corrected chi connectivity index (χ4v) is 1.40. The topological polar surface area (TPSA) is 79.5 Å². The fourth-order valence-electron chi connectivity index (χ4n) is 1.40. The minimum absolute atomic E-state index is 0.211. The molecule has 2 heterocycles. The molecule has 98 valence electrons. The van der Waals surface area contributed by atoms with Gasteiger partial charge >= 0.3 is 0 Å². The van der Waals surface area contributed by atoms with E-state index in [2.05, 4.69) is 10.3 Å². The van der Waals surface area contributed by atoms with Crippen LogP contribution in [0.5, 0.6) is 0 Å². The highest BCUT2D eigenvalue weighted by atomic mass is 16.5. The Bertz CT molecular complexity index is 288. The standard InChI is InChI=1S/C7H12N2O2.C4H9NO/c1-6-8-2-3-9(6)4-7(11)5-10;1-3-6-4-2-5-1/h2-3,7,10-11H,4-5H2,1H3;5H,1-4H2. The Kier molecular flexibility index (Phi) is 6.80. The van der Waals surface area contributed by atoms with E-state index >= 15 is 0 Å². The predicted molar refractivity (Wildman–Crippen MR) is 63.7 cm³/mol. The Morgan fingerprint density at radius 1 is 1.53 bits per heavy atom. The molecule has 0 saturated carbocycles. The molecule has 6 heteroatoms. The molecule has 1 aromatic heterocycles. The first-order valence-corrected chi connectivity index (χ1v) is 5.79. The van der Waals surface area contributed by atoms with Crippen molar-refractivity contribution in [2.24, 2.45) is 0 Å². The summed E-state index contributed by atoms with van der Waals surface area (Å²) in [6, 6.07) is 0. The van der Waals surface area contributed by atoms with Crippen LogP contribution in [0.25, 0.3) is 0 Å². The lowest BCUT2D eigenvalue weighted by atomic mass is 10.4. The number of hydrogen-bond acceptors (Lipinski definition) is 5. The van der Waals surface area contributed by atoms with E-state index in [0.717, 1.165) is 32.1 Å². The van der Waals surface area contributed by atoms with E-state index in [9.17, 15) is 0 Å². The lowest BCUT2D eigenvalue weighted by molar-refractivity contribution is 0.0807. The average Bonchev–Trinajstić information content (AvgIpc) is 2.78. The molecule has 1 unspecified atom stereocenters. The van der Waals surface area contributed by atoms with E-state index in [1.54, 1.807) is 17.0 Å². The number of aromatic nitrogens is 2. The van der Waals surface area contributed by atoms with Gasteiger partial charge in [-0.2, -0.15) is 0 Å². The van der Waals surface area contributed by atoms with Crippen molar-refractivity contribution in [3.8, 4) is 0 Å². The Morgan fingerprint density at radius 3 is 2.59 bits per heavy atom. The summed E-state index contributed by atoms with van der Waals surface area (Å²) in [5.41, 5.74) is 0. The van der Waals surface area contributed by atoms with Gasteiger partial charge in [-0.15, -0.1) is 0 Å². The molecule has 3 N–H and O–H groups in total. The Morgan fingerprint density at radius 2 is 2.24 bits per heavy atom. The van der Waals surface area contributed by atoms with Gasteiger partial charge in [-0.3, -0.25) is 0 Å². The van der Waals surface area contributed by atoms with E-state index in [4.69, 9.17) is 14.9 Å². The van der Waals surface area contributed by atoms with Gasteiger partial charge in [0, 0.05) is 25.5 Å². The number of rotatable bonds is 3. The predicted octanol–water partition coefficient (Wildman–Crippen LogP) is -0.849. The zero-order valence-corrected chi connectivity index (χ0v) is 10.2. The normalized spacial score (nSPS) is 17.1. The zero-order valence-electron chi connectivity index (χ0n) is 10.2. The van der Waals surface area contributed by atoms with E-state index < -0.39 is 6.10 Å². The molecule has 0 amide bonds. The number of imidazole rings is 1. The molecule has 1 aromatic rings. The van der Waals surface area contributed by atoms with Crippen LogP contribution in [-0.2, 0) is 11.3 Å². The number of morpholine rings is 1. The van der Waals surface area contributed by atoms with Crippen LogP contribution in [0.15, 0.2) is 12.4 Å². The monoisotopic (exact) mass is 243 g/mol. The number of aliphatic hydroxyl groups excluding tert-OH is 2. The molecule has 0 aromatic carbocycles. The summed E-state index contributed by atoms with van der Waals surface area (Å²) in [6.45, 7) is 5.88. The lowest BCUT2D eigenvalue weighted by Gasteiger charge is -2.10.